The van der Waals surface area contributed by atoms with Gasteiger partial charge in [-0.3, -0.25) is 4.79 Å². The Bertz CT molecular complexity index is 494. The zero-order chi connectivity index (χ0) is 14.1. The Hall–Kier alpha value is -2.55. The molecular weight excluding hydrogens is 246 g/mol. The zero-order valence-corrected chi connectivity index (χ0v) is 10.6. The number of urea groups is 1. The predicted molar refractivity (Wildman–Crippen MR) is 69.4 cm³/mol. The minimum atomic E-state index is -0.431. The number of hydrogen-bond acceptors (Lipinski definition) is 4. The van der Waals surface area contributed by atoms with Crippen molar-refractivity contribution in [1.29, 1.82) is 5.26 Å². The molecule has 0 bridgehead atoms. The number of anilines is 1. The molecule has 6 nitrogen and oxygen atoms in total. The summed E-state index contributed by atoms with van der Waals surface area (Å²) in [6.45, 7) is 2.24. The summed E-state index contributed by atoms with van der Waals surface area (Å²) in [5, 5.41) is 13.8. The molecule has 6 heteroatoms. The number of nitrogens with one attached hydrogen (secondary N) is 2. The maximum atomic E-state index is 11.5. The van der Waals surface area contributed by atoms with Gasteiger partial charge < -0.3 is 15.4 Å². The van der Waals surface area contributed by atoms with Gasteiger partial charge in [-0.2, -0.15) is 5.26 Å². The highest BCUT2D eigenvalue weighted by atomic mass is 16.5. The van der Waals surface area contributed by atoms with Gasteiger partial charge in [0.2, 0.25) is 0 Å². The van der Waals surface area contributed by atoms with Gasteiger partial charge in [-0.15, -0.1) is 0 Å². The van der Waals surface area contributed by atoms with E-state index in [1.165, 1.54) is 0 Å². The monoisotopic (exact) mass is 261 g/mol. The van der Waals surface area contributed by atoms with E-state index >= 15 is 0 Å². The highest BCUT2D eigenvalue weighted by Gasteiger charge is 2.05. The lowest BCUT2D eigenvalue weighted by Gasteiger charge is -2.07. The van der Waals surface area contributed by atoms with Gasteiger partial charge in [0.25, 0.3) is 0 Å². The summed E-state index contributed by atoms with van der Waals surface area (Å²) in [4.78, 5) is 22.5. The number of esters is 1. The average Bonchev–Trinajstić information content (AvgIpc) is 2.39. The van der Waals surface area contributed by atoms with Crippen molar-refractivity contribution in [2.75, 3.05) is 18.5 Å². The van der Waals surface area contributed by atoms with Gasteiger partial charge in [-0.05, 0) is 25.1 Å². The number of hydrogen-bond donors (Lipinski definition) is 2. The quantitative estimate of drug-likeness (QED) is 0.788. The van der Waals surface area contributed by atoms with Crippen molar-refractivity contribution in [3.05, 3.63) is 29.8 Å². The van der Waals surface area contributed by atoms with Crippen LogP contribution in [0.1, 0.15) is 18.9 Å². The molecule has 1 rings (SSSR count). The molecule has 0 fully saturated rings. The van der Waals surface area contributed by atoms with E-state index in [2.05, 4.69) is 10.6 Å². The third kappa shape index (κ3) is 5.55. The highest BCUT2D eigenvalue weighted by Crippen LogP contribution is 2.09. The number of nitriles is 1. The topological polar surface area (TPSA) is 91.2 Å². The molecule has 0 aliphatic rings. The number of carbonyl (C=O) groups excluding carboxylic acids is 2. The lowest BCUT2D eigenvalue weighted by atomic mass is 10.2. The van der Waals surface area contributed by atoms with Gasteiger partial charge >= 0.3 is 12.0 Å². The Balaban J connectivity index is 2.35. The summed E-state index contributed by atoms with van der Waals surface area (Å²) >= 11 is 0. The van der Waals surface area contributed by atoms with Crippen LogP contribution in [0.25, 0.3) is 0 Å². The molecule has 2 amide bonds. The van der Waals surface area contributed by atoms with Gasteiger partial charge in [-0.25, -0.2) is 4.79 Å². The Morgan fingerprint density at radius 1 is 1.42 bits per heavy atom. The number of nitrogens with zero attached hydrogens (tertiary/aromatic N) is 1. The van der Waals surface area contributed by atoms with Crippen LogP contribution in [0.4, 0.5) is 10.5 Å². The number of ether oxygens (including phenoxy) is 1. The van der Waals surface area contributed by atoms with Crippen molar-refractivity contribution in [3.63, 3.8) is 0 Å². The number of benzene rings is 1. The van der Waals surface area contributed by atoms with Crippen LogP contribution >= 0.6 is 0 Å². The standard InChI is InChI=1S/C13H15N3O3/c1-2-19-12(17)6-7-15-13(18)16-11-5-3-4-10(8-11)9-14/h3-5,8H,2,6-7H2,1H3,(H2,15,16,18). The summed E-state index contributed by atoms with van der Waals surface area (Å²) in [6.07, 6.45) is 0.124. The predicted octanol–water partition coefficient (Wildman–Crippen LogP) is 1.63. The average molecular weight is 261 g/mol. The van der Waals surface area contributed by atoms with Crippen molar-refractivity contribution in [2.45, 2.75) is 13.3 Å². The molecule has 0 atom stereocenters. The fourth-order valence-electron chi connectivity index (χ4n) is 1.35. The van der Waals surface area contributed by atoms with E-state index < -0.39 is 6.03 Å². The Kier molecular flexibility index (Phi) is 5.89. The van der Waals surface area contributed by atoms with Crippen LogP contribution in [0, 0.1) is 11.3 Å². The molecule has 0 aliphatic carbocycles. The molecule has 100 valence electrons. The van der Waals surface area contributed by atoms with Crippen molar-refractivity contribution in [2.24, 2.45) is 0 Å². The van der Waals surface area contributed by atoms with E-state index in [1.807, 2.05) is 6.07 Å². The molecule has 0 heterocycles. The first-order chi connectivity index (χ1) is 9.15. The van der Waals surface area contributed by atoms with Crippen LogP contribution in [0.3, 0.4) is 0 Å². The second kappa shape index (κ2) is 7.71. The van der Waals surface area contributed by atoms with Crippen LogP contribution in [0.2, 0.25) is 0 Å². The van der Waals surface area contributed by atoms with Crippen LogP contribution in [0.5, 0.6) is 0 Å². The molecule has 0 aromatic heterocycles. The molecule has 0 spiro atoms. The highest BCUT2D eigenvalue weighted by molar-refractivity contribution is 5.89. The van der Waals surface area contributed by atoms with Crippen LogP contribution in [0.15, 0.2) is 24.3 Å². The van der Waals surface area contributed by atoms with Crippen molar-refractivity contribution in [3.8, 4) is 6.07 Å². The number of amides is 2. The summed E-state index contributed by atoms with van der Waals surface area (Å²) in [5.74, 6) is -0.353. The van der Waals surface area contributed by atoms with E-state index in [4.69, 9.17) is 10.00 Å². The van der Waals surface area contributed by atoms with Gasteiger partial charge in [0.1, 0.15) is 0 Å². The Morgan fingerprint density at radius 2 is 2.21 bits per heavy atom. The first-order valence-electron chi connectivity index (χ1n) is 5.86. The molecule has 0 aliphatic heterocycles. The van der Waals surface area contributed by atoms with Crippen molar-refractivity contribution >= 4 is 17.7 Å². The van der Waals surface area contributed by atoms with Gasteiger partial charge in [-0.1, -0.05) is 6.07 Å². The normalized spacial score (nSPS) is 9.26. The summed E-state index contributed by atoms with van der Waals surface area (Å²) in [5.41, 5.74) is 0.983. The second-order valence-corrected chi connectivity index (χ2v) is 3.63. The van der Waals surface area contributed by atoms with Crippen molar-refractivity contribution in [1.82, 2.24) is 5.32 Å². The first kappa shape index (κ1) is 14.5. The number of rotatable bonds is 5. The SMILES string of the molecule is CCOC(=O)CCNC(=O)Nc1cccc(C#N)c1. The molecular formula is C13H15N3O3. The van der Waals surface area contributed by atoms with E-state index in [0.717, 1.165) is 0 Å². The van der Waals surface area contributed by atoms with Crippen LogP contribution in [-0.4, -0.2) is 25.2 Å². The maximum absolute atomic E-state index is 11.5. The Labute approximate surface area is 111 Å². The fraction of sp³-hybridized carbons (Fsp3) is 0.308. The van der Waals surface area contributed by atoms with Crippen LogP contribution in [-0.2, 0) is 9.53 Å². The van der Waals surface area contributed by atoms with Crippen molar-refractivity contribution < 1.29 is 14.3 Å². The molecule has 0 saturated heterocycles. The molecule has 0 saturated carbocycles. The lowest BCUT2D eigenvalue weighted by molar-refractivity contribution is -0.142. The van der Waals surface area contributed by atoms with Gasteiger partial charge in [0, 0.05) is 12.2 Å². The van der Waals surface area contributed by atoms with E-state index in [9.17, 15) is 9.59 Å². The summed E-state index contributed by atoms with van der Waals surface area (Å²) in [6, 6.07) is 8.10. The second-order valence-electron chi connectivity index (χ2n) is 3.63. The molecule has 2 N–H and O–H groups in total. The minimum Gasteiger partial charge on any atom is -0.466 e. The minimum absolute atomic E-state index is 0.124. The third-order valence-corrected chi connectivity index (χ3v) is 2.17. The fourth-order valence-corrected chi connectivity index (χ4v) is 1.35. The molecule has 1 aromatic carbocycles. The van der Waals surface area contributed by atoms with Gasteiger partial charge in [0.05, 0.1) is 24.7 Å². The first-order valence-corrected chi connectivity index (χ1v) is 5.86. The maximum Gasteiger partial charge on any atom is 0.319 e. The Morgan fingerprint density at radius 3 is 2.89 bits per heavy atom. The van der Waals surface area contributed by atoms with E-state index in [-0.39, 0.29) is 18.9 Å². The summed E-state index contributed by atoms with van der Waals surface area (Å²) in [7, 11) is 0. The molecule has 0 unspecified atom stereocenters. The number of carbonyl (C=O) groups is 2. The molecule has 1 aromatic rings. The molecule has 19 heavy (non-hydrogen) atoms. The van der Waals surface area contributed by atoms with E-state index in [1.54, 1.807) is 31.2 Å². The zero-order valence-electron chi connectivity index (χ0n) is 10.6. The smallest absolute Gasteiger partial charge is 0.319 e. The largest absolute Gasteiger partial charge is 0.466 e. The van der Waals surface area contributed by atoms with E-state index in [0.29, 0.717) is 17.9 Å². The third-order valence-electron chi connectivity index (χ3n) is 2.17. The summed E-state index contributed by atoms with van der Waals surface area (Å²) < 4.78 is 4.73. The van der Waals surface area contributed by atoms with Gasteiger partial charge in [0.15, 0.2) is 0 Å². The lowest BCUT2D eigenvalue weighted by Crippen LogP contribution is -2.30. The van der Waals surface area contributed by atoms with Crippen LogP contribution < -0.4 is 10.6 Å². The molecule has 0 radical (unpaired) electrons.